The maximum atomic E-state index is 12.5. The topological polar surface area (TPSA) is 71.1 Å². The van der Waals surface area contributed by atoms with Gasteiger partial charge in [0.05, 0.1) is 26.5 Å². The number of piperazine rings is 1. The Kier molecular flexibility index (Phi) is 6.49. The Morgan fingerprint density at radius 1 is 0.964 bits per heavy atom. The third-order valence-electron chi connectivity index (χ3n) is 4.73. The van der Waals surface area contributed by atoms with Gasteiger partial charge in [-0.25, -0.2) is 0 Å². The number of rotatable bonds is 6. The summed E-state index contributed by atoms with van der Waals surface area (Å²) in [6.07, 6.45) is 0. The van der Waals surface area contributed by atoms with E-state index in [0.717, 1.165) is 0 Å². The lowest BCUT2D eigenvalue weighted by Gasteiger charge is -2.34. The summed E-state index contributed by atoms with van der Waals surface area (Å²) in [4.78, 5) is 28.8. The molecule has 0 unspecified atom stereocenters. The Hall–Kier alpha value is -3.06. The van der Waals surface area contributed by atoms with Crippen LogP contribution in [0.15, 0.2) is 48.5 Å². The van der Waals surface area contributed by atoms with Crippen molar-refractivity contribution in [3.05, 3.63) is 54.1 Å². The van der Waals surface area contributed by atoms with Crippen LogP contribution in [0.5, 0.6) is 11.5 Å². The van der Waals surface area contributed by atoms with E-state index in [-0.39, 0.29) is 18.4 Å². The van der Waals surface area contributed by atoms with Crippen LogP contribution in [-0.2, 0) is 4.79 Å². The van der Waals surface area contributed by atoms with Gasteiger partial charge in [-0.15, -0.1) is 0 Å². The lowest BCUT2D eigenvalue weighted by atomic mass is 10.2. The van der Waals surface area contributed by atoms with Crippen LogP contribution in [0, 0.1) is 0 Å². The average Bonchev–Trinajstić information content (AvgIpc) is 2.74. The predicted octanol–water partition coefficient (Wildman–Crippen LogP) is 2.10. The highest BCUT2D eigenvalue weighted by Crippen LogP contribution is 2.28. The largest absolute Gasteiger partial charge is 0.497 e. The van der Waals surface area contributed by atoms with Crippen LogP contribution >= 0.6 is 0 Å². The molecule has 1 heterocycles. The molecule has 28 heavy (non-hydrogen) atoms. The van der Waals surface area contributed by atoms with E-state index in [1.807, 2.05) is 40.1 Å². The normalized spacial score (nSPS) is 14.4. The number of hydrogen-bond acceptors (Lipinski definition) is 5. The summed E-state index contributed by atoms with van der Waals surface area (Å²) in [6.45, 7) is 2.79. The first-order valence-corrected chi connectivity index (χ1v) is 9.19. The predicted molar refractivity (Wildman–Crippen MR) is 107 cm³/mol. The monoisotopic (exact) mass is 383 g/mol. The Morgan fingerprint density at radius 2 is 1.68 bits per heavy atom. The molecule has 0 aromatic heterocycles. The zero-order valence-electron chi connectivity index (χ0n) is 16.2. The van der Waals surface area contributed by atoms with Crippen LogP contribution < -0.4 is 14.8 Å². The molecule has 0 bridgehead atoms. The van der Waals surface area contributed by atoms with Crippen molar-refractivity contribution in [3.63, 3.8) is 0 Å². The SMILES string of the molecule is COc1ccc(NC(=O)CN2CCN(C(=O)c3ccccc3)CC2)c(OC)c1. The van der Waals surface area contributed by atoms with Crippen molar-refractivity contribution < 1.29 is 19.1 Å². The summed E-state index contributed by atoms with van der Waals surface area (Å²) in [7, 11) is 3.13. The van der Waals surface area contributed by atoms with Crippen molar-refractivity contribution in [3.8, 4) is 11.5 Å². The molecule has 1 aliphatic heterocycles. The average molecular weight is 383 g/mol. The first-order chi connectivity index (χ1) is 13.6. The van der Waals surface area contributed by atoms with Gasteiger partial charge < -0.3 is 19.7 Å². The van der Waals surface area contributed by atoms with Crippen molar-refractivity contribution in [2.75, 3.05) is 52.3 Å². The van der Waals surface area contributed by atoms with Gasteiger partial charge in [-0.1, -0.05) is 18.2 Å². The standard InChI is InChI=1S/C21H25N3O4/c1-27-17-8-9-18(19(14-17)28-2)22-20(25)15-23-10-12-24(13-11-23)21(26)16-6-4-3-5-7-16/h3-9,14H,10-13,15H2,1-2H3,(H,22,25). The molecular weight excluding hydrogens is 358 g/mol. The minimum absolute atomic E-state index is 0.0349. The molecular formula is C21H25N3O4. The molecule has 0 atom stereocenters. The van der Waals surface area contributed by atoms with Crippen molar-refractivity contribution in [1.29, 1.82) is 0 Å². The van der Waals surface area contributed by atoms with Crippen molar-refractivity contribution >= 4 is 17.5 Å². The summed E-state index contributed by atoms with van der Waals surface area (Å²) >= 11 is 0. The van der Waals surface area contributed by atoms with Crippen LogP contribution in [0.4, 0.5) is 5.69 Å². The molecule has 0 saturated carbocycles. The number of carbonyl (C=O) groups is 2. The zero-order valence-corrected chi connectivity index (χ0v) is 16.2. The molecule has 2 amide bonds. The molecule has 3 rings (SSSR count). The molecule has 2 aromatic carbocycles. The Balaban J connectivity index is 1.51. The van der Waals surface area contributed by atoms with Crippen LogP contribution in [0.25, 0.3) is 0 Å². The van der Waals surface area contributed by atoms with Crippen LogP contribution in [0.1, 0.15) is 10.4 Å². The number of hydrogen-bond donors (Lipinski definition) is 1. The minimum Gasteiger partial charge on any atom is -0.497 e. The first-order valence-electron chi connectivity index (χ1n) is 9.19. The number of nitrogens with one attached hydrogen (secondary N) is 1. The van der Waals surface area contributed by atoms with Crippen molar-refractivity contribution in [2.45, 2.75) is 0 Å². The van der Waals surface area contributed by atoms with Gasteiger partial charge in [0.15, 0.2) is 0 Å². The van der Waals surface area contributed by atoms with Crippen LogP contribution in [0.2, 0.25) is 0 Å². The van der Waals surface area contributed by atoms with E-state index in [1.54, 1.807) is 32.4 Å². The maximum Gasteiger partial charge on any atom is 0.253 e. The van der Waals surface area contributed by atoms with Crippen LogP contribution in [0.3, 0.4) is 0 Å². The molecule has 7 heteroatoms. The second kappa shape index (κ2) is 9.23. The Labute approximate surface area is 164 Å². The maximum absolute atomic E-state index is 12.5. The van der Waals surface area contributed by atoms with E-state index in [0.29, 0.717) is 48.9 Å². The van der Waals surface area contributed by atoms with Gasteiger partial charge in [0.25, 0.3) is 5.91 Å². The lowest BCUT2D eigenvalue weighted by Crippen LogP contribution is -2.50. The van der Waals surface area contributed by atoms with Crippen molar-refractivity contribution in [1.82, 2.24) is 9.80 Å². The summed E-state index contributed by atoms with van der Waals surface area (Å²) in [5.74, 6) is 1.12. The molecule has 1 aliphatic rings. The van der Waals surface area contributed by atoms with E-state index in [2.05, 4.69) is 5.32 Å². The van der Waals surface area contributed by atoms with Crippen LogP contribution in [-0.4, -0.2) is 68.6 Å². The van der Waals surface area contributed by atoms with E-state index in [4.69, 9.17) is 9.47 Å². The number of anilines is 1. The number of carbonyl (C=O) groups excluding carboxylic acids is 2. The van der Waals surface area contributed by atoms with E-state index in [9.17, 15) is 9.59 Å². The highest BCUT2D eigenvalue weighted by Gasteiger charge is 2.23. The fourth-order valence-corrected chi connectivity index (χ4v) is 3.17. The van der Waals surface area contributed by atoms with Gasteiger partial charge >= 0.3 is 0 Å². The van der Waals surface area contributed by atoms with E-state index < -0.39 is 0 Å². The van der Waals surface area contributed by atoms with Gasteiger partial charge in [-0.3, -0.25) is 14.5 Å². The molecule has 2 aromatic rings. The highest BCUT2D eigenvalue weighted by atomic mass is 16.5. The molecule has 1 saturated heterocycles. The summed E-state index contributed by atoms with van der Waals surface area (Å²) < 4.78 is 10.5. The summed E-state index contributed by atoms with van der Waals surface area (Å²) in [5.41, 5.74) is 1.30. The smallest absolute Gasteiger partial charge is 0.253 e. The molecule has 7 nitrogen and oxygen atoms in total. The zero-order chi connectivity index (χ0) is 19.9. The van der Waals surface area contributed by atoms with Crippen molar-refractivity contribution in [2.24, 2.45) is 0 Å². The number of nitrogens with zero attached hydrogens (tertiary/aromatic N) is 2. The number of benzene rings is 2. The molecule has 1 N–H and O–H groups in total. The van der Waals surface area contributed by atoms with Gasteiger partial charge in [0.1, 0.15) is 11.5 Å². The molecule has 0 aliphatic carbocycles. The third kappa shape index (κ3) is 4.80. The summed E-state index contributed by atoms with van der Waals surface area (Å²) in [5, 5.41) is 2.88. The number of ether oxygens (including phenoxy) is 2. The van der Waals surface area contributed by atoms with E-state index in [1.165, 1.54) is 0 Å². The Bertz CT molecular complexity index is 818. The second-order valence-corrected chi connectivity index (χ2v) is 6.55. The first kappa shape index (κ1) is 19.7. The molecule has 0 spiro atoms. The number of methoxy groups -OCH3 is 2. The van der Waals surface area contributed by atoms with Gasteiger partial charge in [0.2, 0.25) is 5.91 Å². The lowest BCUT2D eigenvalue weighted by molar-refractivity contribution is -0.117. The number of amides is 2. The van der Waals surface area contributed by atoms with Gasteiger partial charge in [-0.2, -0.15) is 0 Å². The highest BCUT2D eigenvalue weighted by molar-refractivity contribution is 5.95. The molecule has 1 fully saturated rings. The van der Waals surface area contributed by atoms with E-state index >= 15 is 0 Å². The fraction of sp³-hybridized carbons (Fsp3) is 0.333. The molecule has 148 valence electrons. The van der Waals surface area contributed by atoms with Gasteiger partial charge in [0, 0.05) is 37.8 Å². The minimum atomic E-state index is -0.119. The second-order valence-electron chi connectivity index (χ2n) is 6.55. The fourth-order valence-electron chi connectivity index (χ4n) is 3.17. The Morgan fingerprint density at radius 3 is 2.32 bits per heavy atom. The quantitative estimate of drug-likeness (QED) is 0.827. The third-order valence-corrected chi connectivity index (χ3v) is 4.73. The summed E-state index contributed by atoms with van der Waals surface area (Å²) in [6, 6.07) is 14.5. The van der Waals surface area contributed by atoms with Gasteiger partial charge in [-0.05, 0) is 24.3 Å². The molecule has 0 radical (unpaired) electrons.